The predicted molar refractivity (Wildman–Crippen MR) is 107 cm³/mol. The van der Waals surface area contributed by atoms with E-state index in [1.807, 2.05) is 30.3 Å². The first-order chi connectivity index (χ1) is 13.6. The molecule has 1 aliphatic rings. The molecule has 1 amide bonds. The van der Waals surface area contributed by atoms with E-state index in [9.17, 15) is 4.79 Å². The van der Waals surface area contributed by atoms with Crippen LogP contribution in [-0.4, -0.2) is 51.9 Å². The summed E-state index contributed by atoms with van der Waals surface area (Å²) < 4.78 is 0. The number of hydrogen-bond donors (Lipinski definition) is 1. The van der Waals surface area contributed by atoms with Gasteiger partial charge in [-0.1, -0.05) is 11.6 Å². The van der Waals surface area contributed by atoms with Gasteiger partial charge in [0.2, 0.25) is 0 Å². The van der Waals surface area contributed by atoms with E-state index in [1.54, 1.807) is 24.5 Å². The van der Waals surface area contributed by atoms with E-state index in [-0.39, 0.29) is 5.91 Å². The number of carbonyl (C=O) groups excluding carboxylic acids is 1. The molecule has 8 heteroatoms. The Hall–Kier alpha value is -3.11. The van der Waals surface area contributed by atoms with Gasteiger partial charge < -0.3 is 14.8 Å². The van der Waals surface area contributed by atoms with E-state index < -0.39 is 0 Å². The summed E-state index contributed by atoms with van der Waals surface area (Å²) in [7, 11) is 2.04. The molecule has 3 aromatic rings. The summed E-state index contributed by atoms with van der Waals surface area (Å²) in [5, 5.41) is 10.3. The second kappa shape index (κ2) is 7.49. The van der Waals surface area contributed by atoms with Crippen molar-refractivity contribution in [3.05, 3.63) is 52.9 Å². The van der Waals surface area contributed by atoms with Gasteiger partial charge in [0.15, 0.2) is 0 Å². The fourth-order valence-corrected chi connectivity index (χ4v) is 3.91. The van der Waals surface area contributed by atoms with E-state index in [0.29, 0.717) is 35.3 Å². The molecule has 3 heterocycles. The lowest BCUT2D eigenvalue weighted by Gasteiger charge is -2.37. The van der Waals surface area contributed by atoms with Crippen LogP contribution in [0.25, 0.3) is 11.0 Å². The molecule has 2 aromatic heterocycles. The number of rotatable bonds is 3. The molecule has 1 aliphatic heterocycles. The Morgan fingerprint density at radius 1 is 1.32 bits per heavy atom. The molecule has 0 atom stereocenters. The number of benzene rings is 1. The Labute approximate surface area is 167 Å². The van der Waals surface area contributed by atoms with Gasteiger partial charge in [0, 0.05) is 37.9 Å². The number of nitriles is 1. The fraction of sp³-hybridized carbons (Fsp3) is 0.300. The molecule has 0 spiro atoms. The lowest BCUT2D eigenvalue weighted by Crippen LogP contribution is -2.46. The number of anilines is 1. The van der Waals surface area contributed by atoms with Crippen molar-refractivity contribution in [2.24, 2.45) is 0 Å². The monoisotopic (exact) mass is 394 g/mol. The van der Waals surface area contributed by atoms with E-state index >= 15 is 0 Å². The first-order valence-electron chi connectivity index (χ1n) is 9.08. The molecule has 0 aliphatic carbocycles. The quantitative estimate of drug-likeness (QED) is 0.736. The molecule has 4 rings (SSSR count). The van der Waals surface area contributed by atoms with Crippen LogP contribution >= 0.6 is 11.6 Å². The third-order valence-electron chi connectivity index (χ3n) is 5.30. The minimum atomic E-state index is -0.0532. The smallest absolute Gasteiger partial charge is 0.253 e. The van der Waals surface area contributed by atoms with Crippen LogP contribution in [0.5, 0.6) is 0 Å². The van der Waals surface area contributed by atoms with Gasteiger partial charge in [-0.3, -0.25) is 4.79 Å². The highest BCUT2D eigenvalue weighted by Gasteiger charge is 2.27. The normalized spacial score (nSPS) is 14.8. The Morgan fingerprint density at radius 2 is 2.11 bits per heavy atom. The fourth-order valence-electron chi connectivity index (χ4n) is 3.69. The van der Waals surface area contributed by atoms with Crippen LogP contribution in [0.2, 0.25) is 5.02 Å². The summed E-state index contributed by atoms with van der Waals surface area (Å²) in [6.45, 7) is 1.32. The second-order valence-electron chi connectivity index (χ2n) is 6.88. The maximum atomic E-state index is 12.8. The van der Waals surface area contributed by atoms with Gasteiger partial charge in [-0.2, -0.15) is 5.26 Å². The van der Waals surface area contributed by atoms with Gasteiger partial charge in [-0.25, -0.2) is 9.97 Å². The number of amides is 1. The molecule has 0 bridgehead atoms. The van der Waals surface area contributed by atoms with Crippen molar-refractivity contribution in [3.63, 3.8) is 0 Å². The summed E-state index contributed by atoms with van der Waals surface area (Å²) in [5.41, 5.74) is 1.71. The number of piperidine rings is 1. The highest BCUT2D eigenvalue weighted by molar-refractivity contribution is 6.32. The van der Waals surface area contributed by atoms with E-state index in [2.05, 4.69) is 19.9 Å². The number of likely N-dealkylation sites (tertiary alicyclic amines) is 1. The maximum absolute atomic E-state index is 12.8. The third-order valence-corrected chi connectivity index (χ3v) is 5.62. The molecular formula is C20H19ClN6O. The average Bonchev–Trinajstić information content (AvgIpc) is 3.21. The van der Waals surface area contributed by atoms with Crippen LogP contribution in [0.15, 0.2) is 36.8 Å². The summed E-state index contributed by atoms with van der Waals surface area (Å²) in [6.07, 6.45) is 5.13. The average molecular weight is 395 g/mol. The third kappa shape index (κ3) is 3.27. The van der Waals surface area contributed by atoms with Crippen molar-refractivity contribution < 1.29 is 4.79 Å². The number of nitrogens with zero attached hydrogens (tertiary/aromatic N) is 5. The number of fused-ring (bicyclic) bond motifs is 1. The minimum absolute atomic E-state index is 0.0532. The van der Waals surface area contributed by atoms with Crippen molar-refractivity contribution in [3.8, 4) is 6.07 Å². The lowest BCUT2D eigenvalue weighted by molar-refractivity contribution is 0.0713. The first-order valence-corrected chi connectivity index (χ1v) is 9.46. The van der Waals surface area contributed by atoms with Crippen LogP contribution in [0.1, 0.15) is 28.8 Å². The summed E-state index contributed by atoms with van der Waals surface area (Å²) in [6, 6.07) is 9.11. The summed E-state index contributed by atoms with van der Waals surface area (Å²) in [5.74, 6) is 0.845. The zero-order valence-electron chi connectivity index (χ0n) is 15.4. The lowest BCUT2D eigenvalue weighted by atomic mass is 10.0. The second-order valence-corrected chi connectivity index (χ2v) is 7.29. The molecular weight excluding hydrogens is 376 g/mol. The minimum Gasteiger partial charge on any atom is -0.356 e. The Balaban J connectivity index is 1.44. The molecule has 7 nitrogen and oxygen atoms in total. The highest BCUT2D eigenvalue weighted by Crippen LogP contribution is 2.27. The van der Waals surface area contributed by atoms with Gasteiger partial charge in [0.05, 0.1) is 16.0 Å². The number of carbonyl (C=O) groups is 1. The number of hydrogen-bond acceptors (Lipinski definition) is 5. The standard InChI is InChI=1S/C20H19ClN6O/c1-26(19-16-4-7-23-18(16)24-12-25-19)15-5-8-27(9-6-15)20(28)13-2-3-14(11-22)17(21)10-13/h2-4,7,10,12,15H,5-6,8-9H2,1H3,(H,23,24,25). The first kappa shape index (κ1) is 18.3. The van der Waals surface area contributed by atoms with Gasteiger partial charge >= 0.3 is 0 Å². The van der Waals surface area contributed by atoms with Crippen molar-refractivity contribution in [2.75, 3.05) is 25.0 Å². The molecule has 1 aromatic carbocycles. The molecule has 28 heavy (non-hydrogen) atoms. The molecule has 1 fully saturated rings. The Bertz CT molecular complexity index is 1060. The van der Waals surface area contributed by atoms with E-state index in [1.165, 1.54) is 0 Å². The number of aromatic nitrogens is 3. The van der Waals surface area contributed by atoms with Crippen LogP contribution in [0.3, 0.4) is 0 Å². The van der Waals surface area contributed by atoms with Crippen LogP contribution in [-0.2, 0) is 0 Å². The number of H-pyrrole nitrogens is 1. The summed E-state index contributed by atoms with van der Waals surface area (Å²) in [4.78, 5) is 28.6. The number of halogens is 1. The molecule has 1 N–H and O–H groups in total. The van der Waals surface area contributed by atoms with Crippen LogP contribution < -0.4 is 4.90 Å². The van der Waals surface area contributed by atoms with Crippen molar-refractivity contribution in [2.45, 2.75) is 18.9 Å². The maximum Gasteiger partial charge on any atom is 0.253 e. The SMILES string of the molecule is CN(c1ncnc2[nH]ccc12)C1CCN(C(=O)c2ccc(C#N)c(Cl)c2)CC1. The van der Waals surface area contributed by atoms with Crippen LogP contribution in [0, 0.1) is 11.3 Å². The number of nitrogens with one attached hydrogen (secondary N) is 1. The van der Waals surface area contributed by atoms with E-state index in [0.717, 1.165) is 29.7 Å². The van der Waals surface area contributed by atoms with Crippen molar-refractivity contribution in [1.29, 1.82) is 5.26 Å². The van der Waals surface area contributed by atoms with Crippen molar-refractivity contribution >= 4 is 34.4 Å². The number of aromatic amines is 1. The van der Waals surface area contributed by atoms with Crippen LogP contribution in [0.4, 0.5) is 5.82 Å². The van der Waals surface area contributed by atoms with Gasteiger partial charge in [-0.05, 0) is 37.1 Å². The Morgan fingerprint density at radius 3 is 2.82 bits per heavy atom. The molecule has 1 saturated heterocycles. The topological polar surface area (TPSA) is 88.9 Å². The molecule has 0 radical (unpaired) electrons. The predicted octanol–water partition coefficient (Wildman–Crippen LogP) is 3.22. The summed E-state index contributed by atoms with van der Waals surface area (Å²) >= 11 is 6.07. The van der Waals surface area contributed by atoms with E-state index in [4.69, 9.17) is 16.9 Å². The Kier molecular flexibility index (Phi) is 4.88. The zero-order valence-corrected chi connectivity index (χ0v) is 16.1. The van der Waals surface area contributed by atoms with Gasteiger partial charge in [-0.15, -0.1) is 0 Å². The van der Waals surface area contributed by atoms with Gasteiger partial charge in [0.25, 0.3) is 5.91 Å². The van der Waals surface area contributed by atoms with Crippen molar-refractivity contribution in [1.82, 2.24) is 19.9 Å². The zero-order chi connectivity index (χ0) is 19.7. The molecule has 0 saturated carbocycles. The highest BCUT2D eigenvalue weighted by atomic mass is 35.5. The molecule has 0 unspecified atom stereocenters. The largest absolute Gasteiger partial charge is 0.356 e. The molecule has 142 valence electrons. The van der Waals surface area contributed by atoms with Gasteiger partial charge in [0.1, 0.15) is 23.9 Å².